The summed E-state index contributed by atoms with van der Waals surface area (Å²) in [6.07, 6.45) is 0.426. The van der Waals surface area contributed by atoms with Gasteiger partial charge in [0.1, 0.15) is 5.82 Å². The average molecular weight is 285 g/mol. The quantitative estimate of drug-likeness (QED) is 0.594. The van der Waals surface area contributed by atoms with Crippen LogP contribution in [0, 0.1) is 5.82 Å². The molecule has 0 aliphatic carbocycles. The number of benzene rings is 1. The zero-order valence-corrected chi connectivity index (χ0v) is 12.1. The Labute approximate surface area is 117 Å². The van der Waals surface area contributed by atoms with Crippen LogP contribution in [0.4, 0.5) is 15.8 Å². The monoisotopic (exact) mass is 285 g/mol. The van der Waals surface area contributed by atoms with Crippen molar-refractivity contribution < 1.29 is 9.18 Å². The van der Waals surface area contributed by atoms with Crippen LogP contribution in [0.25, 0.3) is 0 Å². The summed E-state index contributed by atoms with van der Waals surface area (Å²) in [7, 11) is 4.04. The van der Waals surface area contributed by atoms with Crippen molar-refractivity contribution in [2.45, 2.75) is 6.42 Å². The molecule has 0 aliphatic heterocycles. The fourth-order valence-corrected chi connectivity index (χ4v) is 2.40. The third kappa shape index (κ3) is 6.45. The smallest absolute Gasteiger partial charge is 0.225 e. The van der Waals surface area contributed by atoms with E-state index in [0.29, 0.717) is 12.1 Å². The summed E-state index contributed by atoms with van der Waals surface area (Å²) in [6, 6.07) is 3.95. The molecule has 0 bridgehead atoms. The molecule has 0 spiro atoms. The second kappa shape index (κ2) is 8.01. The Hall–Kier alpha value is -1.27. The van der Waals surface area contributed by atoms with Crippen molar-refractivity contribution in [1.82, 2.24) is 4.90 Å². The number of hydrogen-bond donors (Lipinski definition) is 2. The molecule has 6 heteroatoms. The van der Waals surface area contributed by atoms with Gasteiger partial charge in [-0.3, -0.25) is 4.79 Å². The Morgan fingerprint density at radius 3 is 2.79 bits per heavy atom. The maximum Gasteiger partial charge on any atom is 0.225 e. The lowest BCUT2D eigenvalue weighted by molar-refractivity contribution is -0.115. The summed E-state index contributed by atoms with van der Waals surface area (Å²) in [4.78, 5) is 13.8. The molecular weight excluding hydrogens is 265 g/mol. The number of halogens is 1. The predicted molar refractivity (Wildman–Crippen MR) is 79.9 cm³/mol. The topological polar surface area (TPSA) is 58.4 Å². The highest BCUT2D eigenvalue weighted by Gasteiger charge is 2.06. The van der Waals surface area contributed by atoms with E-state index in [1.807, 2.05) is 14.1 Å². The van der Waals surface area contributed by atoms with Gasteiger partial charge in [-0.1, -0.05) is 0 Å². The van der Waals surface area contributed by atoms with Crippen LogP contribution < -0.4 is 11.1 Å². The summed E-state index contributed by atoms with van der Waals surface area (Å²) in [5.74, 6) is 1.25. The summed E-state index contributed by atoms with van der Waals surface area (Å²) in [5.41, 5.74) is 6.32. The number of nitrogen functional groups attached to an aromatic ring is 1. The fraction of sp³-hybridized carbons (Fsp3) is 0.462. The Morgan fingerprint density at radius 2 is 2.16 bits per heavy atom. The van der Waals surface area contributed by atoms with Crippen molar-refractivity contribution in [3.63, 3.8) is 0 Å². The largest absolute Gasteiger partial charge is 0.397 e. The van der Waals surface area contributed by atoms with Gasteiger partial charge in [-0.15, -0.1) is 0 Å². The van der Waals surface area contributed by atoms with E-state index < -0.39 is 5.82 Å². The molecule has 19 heavy (non-hydrogen) atoms. The molecule has 0 atom stereocenters. The highest BCUT2D eigenvalue weighted by atomic mass is 32.2. The number of nitrogens with two attached hydrogens (primary N) is 1. The van der Waals surface area contributed by atoms with Gasteiger partial charge in [-0.25, -0.2) is 4.39 Å². The molecule has 1 aromatic rings. The minimum absolute atomic E-state index is 0.101. The second-order valence-corrected chi connectivity index (χ2v) is 5.67. The average Bonchev–Trinajstić information content (AvgIpc) is 2.32. The predicted octanol–water partition coefficient (Wildman–Crippen LogP) is 2.03. The van der Waals surface area contributed by atoms with Crippen LogP contribution in [0.15, 0.2) is 18.2 Å². The van der Waals surface area contributed by atoms with E-state index in [4.69, 9.17) is 5.73 Å². The molecule has 0 radical (unpaired) electrons. The lowest BCUT2D eigenvalue weighted by Gasteiger charge is -2.09. The maximum absolute atomic E-state index is 12.8. The molecular formula is C13H20FN3OS. The molecule has 0 aliphatic rings. The van der Waals surface area contributed by atoms with Gasteiger partial charge >= 0.3 is 0 Å². The second-order valence-electron chi connectivity index (χ2n) is 4.45. The van der Waals surface area contributed by atoms with E-state index >= 15 is 0 Å². The first-order valence-electron chi connectivity index (χ1n) is 6.06. The molecule has 0 unspecified atom stereocenters. The van der Waals surface area contributed by atoms with Crippen LogP contribution >= 0.6 is 11.8 Å². The molecule has 0 fully saturated rings. The number of anilines is 2. The molecule has 0 heterocycles. The first-order valence-corrected chi connectivity index (χ1v) is 7.22. The van der Waals surface area contributed by atoms with E-state index in [2.05, 4.69) is 10.2 Å². The lowest BCUT2D eigenvalue weighted by Crippen LogP contribution is -2.16. The molecule has 1 aromatic carbocycles. The molecule has 0 saturated heterocycles. The van der Waals surface area contributed by atoms with Crippen molar-refractivity contribution in [2.75, 3.05) is 43.2 Å². The number of amides is 1. The highest BCUT2D eigenvalue weighted by molar-refractivity contribution is 7.99. The van der Waals surface area contributed by atoms with E-state index in [0.717, 1.165) is 18.1 Å². The summed E-state index contributed by atoms with van der Waals surface area (Å²) < 4.78 is 12.8. The van der Waals surface area contributed by atoms with Gasteiger partial charge in [0.05, 0.1) is 11.4 Å². The molecule has 1 amide bonds. The molecule has 4 nitrogen and oxygen atoms in total. The van der Waals surface area contributed by atoms with E-state index in [9.17, 15) is 9.18 Å². The summed E-state index contributed by atoms with van der Waals surface area (Å²) in [5, 5.41) is 2.68. The van der Waals surface area contributed by atoms with Gasteiger partial charge in [0.2, 0.25) is 5.91 Å². The Morgan fingerprint density at radius 1 is 1.42 bits per heavy atom. The van der Waals surface area contributed by atoms with Gasteiger partial charge in [-0.05, 0) is 32.3 Å². The van der Waals surface area contributed by atoms with Gasteiger partial charge in [0.15, 0.2) is 0 Å². The van der Waals surface area contributed by atoms with Gasteiger partial charge in [0.25, 0.3) is 0 Å². The number of nitrogens with one attached hydrogen (secondary N) is 1. The van der Waals surface area contributed by atoms with Crippen molar-refractivity contribution in [3.8, 4) is 0 Å². The number of nitrogens with zero attached hydrogens (tertiary/aromatic N) is 1. The Kier molecular flexibility index (Phi) is 6.66. The van der Waals surface area contributed by atoms with Crippen LogP contribution in [0.5, 0.6) is 0 Å². The third-order valence-electron chi connectivity index (χ3n) is 2.44. The fourth-order valence-electron chi connectivity index (χ4n) is 1.37. The van der Waals surface area contributed by atoms with Crippen LogP contribution in [-0.4, -0.2) is 43.0 Å². The molecule has 1 rings (SSSR count). The molecule has 0 aromatic heterocycles. The van der Waals surface area contributed by atoms with Crippen LogP contribution in [0.3, 0.4) is 0 Å². The third-order valence-corrected chi connectivity index (χ3v) is 3.41. The summed E-state index contributed by atoms with van der Waals surface area (Å²) >= 11 is 1.73. The van der Waals surface area contributed by atoms with Crippen molar-refractivity contribution >= 4 is 29.0 Å². The summed E-state index contributed by atoms with van der Waals surface area (Å²) in [6.45, 7) is 0.997. The van der Waals surface area contributed by atoms with E-state index in [1.54, 1.807) is 11.8 Å². The number of carbonyl (C=O) groups excluding carboxylic acids is 1. The number of thioether (sulfide) groups is 1. The molecule has 0 saturated carbocycles. The Bertz CT molecular complexity index is 426. The zero-order valence-electron chi connectivity index (χ0n) is 11.3. The molecule has 106 valence electrons. The van der Waals surface area contributed by atoms with Crippen molar-refractivity contribution in [1.29, 1.82) is 0 Å². The maximum atomic E-state index is 12.8. The van der Waals surface area contributed by atoms with E-state index in [-0.39, 0.29) is 11.6 Å². The van der Waals surface area contributed by atoms with Gasteiger partial charge in [-0.2, -0.15) is 11.8 Å². The number of hydrogen-bond acceptors (Lipinski definition) is 4. The first-order chi connectivity index (χ1) is 8.99. The highest BCUT2D eigenvalue weighted by Crippen LogP contribution is 2.19. The van der Waals surface area contributed by atoms with Crippen LogP contribution in [-0.2, 0) is 4.79 Å². The zero-order chi connectivity index (χ0) is 14.3. The standard InChI is InChI=1S/C13H20FN3OS/c1-17(2)6-8-19-7-5-13(18)16-12-4-3-10(14)9-11(12)15/h3-4,9H,5-8,15H2,1-2H3,(H,16,18). The van der Waals surface area contributed by atoms with Crippen LogP contribution in [0.2, 0.25) is 0 Å². The van der Waals surface area contributed by atoms with Gasteiger partial charge < -0.3 is 16.0 Å². The number of carbonyl (C=O) groups is 1. The van der Waals surface area contributed by atoms with Crippen molar-refractivity contribution in [3.05, 3.63) is 24.0 Å². The van der Waals surface area contributed by atoms with Crippen molar-refractivity contribution in [2.24, 2.45) is 0 Å². The normalized spacial score (nSPS) is 10.7. The molecule has 3 N–H and O–H groups in total. The Balaban J connectivity index is 2.27. The van der Waals surface area contributed by atoms with Gasteiger partial charge in [0, 0.05) is 24.5 Å². The van der Waals surface area contributed by atoms with Crippen LogP contribution in [0.1, 0.15) is 6.42 Å². The first kappa shape index (κ1) is 15.8. The SMILES string of the molecule is CN(C)CCSCCC(=O)Nc1ccc(F)cc1N. The van der Waals surface area contributed by atoms with E-state index in [1.165, 1.54) is 18.2 Å². The number of rotatable bonds is 7. The minimum Gasteiger partial charge on any atom is -0.397 e. The lowest BCUT2D eigenvalue weighted by atomic mass is 10.2. The minimum atomic E-state index is -0.408.